The zero-order chi connectivity index (χ0) is 15.1. The molecule has 0 aliphatic carbocycles. The van der Waals surface area contributed by atoms with Crippen LogP contribution in [0.25, 0.3) is 0 Å². The molecule has 0 saturated carbocycles. The van der Waals surface area contributed by atoms with E-state index in [9.17, 15) is 0 Å². The maximum absolute atomic E-state index is 6.09. The highest BCUT2D eigenvalue weighted by molar-refractivity contribution is 5.66. The summed E-state index contributed by atoms with van der Waals surface area (Å²) in [7, 11) is 0. The monoisotopic (exact) mass is 284 g/mol. The number of nitrogen functional groups attached to an aromatic ring is 1. The third-order valence-corrected chi connectivity index (χ3v) is 3.52. The summed E-state index contributed by atoms with van der Waals surface area (Å²) < 4.78 is 0. The quantitative estimate of drug-likeness (QED) is 0.765. The SMILES string of the molecule is CCCCNc1c(C)cc(CCc2cccnc2)nc1N. The molecule has 0 amide bonds. The molecule has 4 nitrogen and oxygen atoms in total. The van der Waals surface area contributed by atoms with Crippen molar-refractivity contribution in [2.24, 2.45) is 0 Å². The van der Waals surface area contributed by atoms with Crippen molar-refractivity contribution in [2.75, 3.05) is 17.6 Å². The average molecular weight is 284 g/mol. The summed E-state index contributed by atoms with van der Waals surface area (Å²) >= 11 is 0. The Hall–Kier alpha value is -2.10. The van der Waals surface area contributed by atoms with Crippen LogP contribution in [0.1, 0.15) is 36.6 Å². The Morgan fingerprint density at radius 2 is 2.14 bits per heavy atom. The van der Waals surface area contributed by atoms with Crippen molar-refractivity contribution in [3.63, 3.8) is 0 Å². The predicted molar refractivity (Wildman–Crippen MR) is 88.4 cm³/mol. The van der Waals surface area contributed by atoms with Crippen LogP contribution in [0.5, 0.6) is 0 Å². The maximum atomic E-state index is 6.09. The summed E-state index contributed by atoms with van der Waals surface area (Å²) in [6, 6.07) is 6.17. The molecule has 0 unspecified atom stereocenters. The van der Waals surface area contributed by atoms with Gasteiger partial charge in [-0.15, -0.1) is 0 Å². The van der Waals surface area contributed by atoms with Gasteiger partial charge in [0, 0.05) is 24.6 Å². The Morgan fingerprint density at radius 1 is 1.29 bits per heavy atom. The number of rotatable bonds is 7. The van der Waals surface area contributed by atoms with E-state index in [0.29, 0.717) is 5.82 Å². The molecule has 0 aromatic carbocycles. The molecule has 0 spiro atoms. The first-order valence-corrected chi connectivity index (χ1v) is 7.59. The van der Waals surface area contributed by atoms with Gasteiger partial charge in [0.2, 0.25) is 0 Å². The first-order valence-electron chi connectivity index (χ1n) is 7.59. The van der Waals surface area contributed by atoms with Crippen molar-refractivity contribution in [2.45, 2.75) is 39.5 Å². The van der Waals surface area contributed by atoms with Crippen LogP contribution in [0, 0.1) is 6.92 Å². The number of unbranched alkanes of at least 4 members (excludes halogenated alkanes) is 1. The molecule has 0 atom stereocenters. The third kappa shape index (κ3) is 4.45. The standard InChI is InChI=1S/C17H24N4/c1-3-4-10-20-16-13(2)11-15(21-17(16)18)8-7-14-6-5-9-19-12-14/h5-6,9,11-12,20H,3-4,7-8,10H2,1-2H3,(H2,18,21). The third-order valence-electron chi connectivity index (χ3n) is 3.52. The van der Waals surface area contributed by atoms with Gasteiger partial charge in [-0.25, -0.2) is 4.98 Å². The molecule has 4 heteroatoms. The van der Waals surface area contributed by atoms with E-state index in [4.69, 9.17) is 5.73 Å². The first-order chi connectivity index (χ1) is 10.2. The molecule has 3 N–H and O–H groups in total. The van der Waals surface area contributed by atoms with E-state index < -0.39 is 0 Å². The number of hydrogen-bond acceptors (Lipinski definition) is 4. The Labute approximate surface area is 126 Å². The molecule has 112 valence electrons. The van der Waals surface area contributed by atoms with Crippen molar-refractivity contribution in [1.82, 2.24) is 9.97 Å². The number of nitrogens with one attached hydrogen (secondary N) is 1. The summed E-state index contributed by atoms with van der Waals surface area (Å²) in [6.45, 7) is 5.20. The lowest BCUT2D eigenvalue weighted by Gasteiger charge is -2.13. The lowest BCUT2D eigenvalue weighted by molar-refractivity contribution is 0.832. The van der Waals surface area contributed by atoms with E-state index in [1.54, 1.807) is 6.20 Å². The van der Waals surface area contributed by atoms with Gasteiger partial charge in [0.25, 0.3) is 0 Å². The number of nitrogens with two attached hydrogens (primary N) is 1. The van der Waals surface area contributed by atoms with Gasteiger partial charge in [-0.3, -0.25) is 4.98 Å². The lowest BCUT2D eigenvalue weighted by atomic mass is 10.1. The number of aryl methyl sites for hydroxylation is 3. The molecule has 2 rings (SSSR count). The smallest absolute Gasteiger partial charge is 0.147 e. The average Bonchev–Trinajstić information content (AvgIpc) is 2.49. The second kappa shape index (κ2) is 7.62. The molecule has 21 heavy (non-hydrogen) atoms. The molecule has 2 aromatic heterocycles. The van der Waals surface area contributed by atoms with Gasteiger partial charge in [0.05, 0.1) is 5.69 Å². The van der Waals surface area contributed by atoms with Gasteiger partial charge in [0.1, 0.15) is 5.82 Å². The van der Waals surface area contributed by atoms with E-state index in [-0.39, 0.29) is 0 Å². The first kappa shape index (κ1) is 15.3. The Bertz CT molecular complexity index is 543. The van der Waals surface area contributed by atoms with E-state index in [0.717, 1.165) is 37.2 Å². The summed E-state index contributed by atoms with van der Waals surface area (Å²) in [5.41, 5.74) is 10.5. The summed E-state index contributed by atoms with van der Waals surface area (Å²) in [5, 5.41) is 3.39. The minimum atomic E-state index is 0.604. The second-order valence-corrected chi connectivity index (χ2v) is 5.33. The number of nitrogens with zero attached hydrogens (tertiary/aromatic N) is 2. The summed E-state index contributed by atoms with van der Waals surface area (Å²) in [6.07, 6.45) is 7.82. The number of hydrogen-bond donors (Lipinski definition) is 2. The van der Waals surface area contributed by atoms with Crippen molar-refractivity contribution in [1.29, 1.82) is 0 Å². The van der Waals surface area contributed by atoms with Gasteiger partial charge in [-0.2, -0.15) is 0 Å². The molecule has 0 fully saturated rings. The van der Waals surface area contributed by atoms with Crippen molar-refractivity contribution in [3.05, 3.63) is 47.4 Å². The van der Waals surface area contributed by atoms with Crippen LogP contribution in [0.3, 0.4) is 0 Å². The van der Waals surface area contributed by atoms with Crippen molar-refractivity contribution >= 4 is 11.5 Å². The van der Waals surface area contributed by atoms with Crippen LogP contribution < -0.4 is 11.1 Å². The predicted octanol–water partition coefficient (Wildman–Crippen LogP) is 3.36. The molecular weight excluding hydrogens is 260 g/mol. The fourth-order valence-corrected chi connectivity index (χ4v) is 2.33. The zero-order valence-corrected chi connectivity index (χ0v) is 12.9. The molecule has 0 radical (unpaired) electrons. The van der Waals surface area contributed by atoms with Crippen LogP contribution in [0.2, 0.25) is 0 Å². The molecule has 0 aliphatic heterocycles. The molecule has 2 aromatic rings. The van der Waals surface area contributed by atoms with Gasteiger partial charge >= 0.3 is 0 Å². The number of aromatic nitrogens is 2. The Kier molecular flexibility index (Phi) is 5.55. The van der Waals surface area contributed by atoms with Gasteiger partial charge in [-0.1, -0.05) is 19.4 Å². The Balaban J connectivity index is 2.01. The van der Waals surface area contributed by atoms with Crippen molar-refractivity contribution in [3.8, 4) is 0 Å². The van der Waals surface area contributed by atoms with Crippen LogP contribution in [0.15, 0.2) is 30.6 Å². The van der Waals surface area contributed by atoms with E-state index in [2.05, 4.69) is 41.3 Å². The van der Waals surface area contributed by atoms with E-state index in [1.807, 2.05) is 12.3 Å². The van der Waals surface area contributed by atoms with Crippen LogP contribution in [-0.2, 0) is 12.8 Å². The molecule has 0 saturated heterocycles. The minimum Gasteiger partial charge on any atom is -0.382 e. The molecule has 0 bridgehead atoms. The molecular formula is C17H24N4. The normalized spacial score (nSPS) is 10.6. The van der Waals surface area contributed by atoms with Crippen molar-refractivity contribution < 1.29 is 0 Å². The topological polar surface area (TPSA) is 63.8 Å². The summed E-state index contributed by atoms with van der Waals surface area (Å²) in [4.78, 5) is 8.66. The van der Waals surface area contributed by atoms with Gasteiger partial charge in [-0.05, 0) is 49.4 Å². The highest BCUT2D eigenvalue weighted by atomic mass is 15.0. The van der Waals surface area contributed by atoms with E-state index in [1.165, 1.54) is 17.5 Å². The van der Waals surface area contributed by atoms with Crippen LogP contribution in [-0.4, -0.2) is 16.5 Å². The van der Waals surface area contributed by atoms with Gasteiger partial charge in [0.15, 0.2) is 0 Å². The van der Waals surface area contributed by atoms with Crippen LogP contribution >= 0.6 is 0 Å². The zero-order valence-electron chi connectivity index (χ0n) is 12.9. The number of pyridine rings is 2. The van der Waals surface area contributed by atoms with Gasteiger partial charge < -0.3 is 11.1 Å². The molecule has 2 heterocycles. The highest BCUT2D eigenvalue weighted by Gasteiger charge is 2.07. The highest BCUT2D eigenvalue weighted by Crippen LogP contribution is 2.22. The Morgan fingerprint density at radius 3 is 2.81 bits per heavy atom. The van der Waals surface area contributed by atoms with Crippen LogP contribution in [0.4, 0.5) is 11.5 Å². The maximum Gasteiger partial charge on any atom is 0.147 e. The van der Waals surface area contributed by atoms with E-state index >= 15 is 0 Å². The minimum absolute atomic E-state index is 0.604. The second-order valence-electron chi connectivity index (χ2n) is 5.33. The fourth-order valence-electron chi connectivity index (χ4n) is 2.33. The number of anilines is 2. The lowest BCUT2D eigenvalue weighted by Crippen LogP contribution is -2.09. The largest absolute Gasteiger partial charge is 0.382 e. The fraction of sp³-hybridized carbons (Fsp3) is 0.412. The molecule has 0 aliphatic rings. The summed E-state index contributed by atoms with van der Waals surface area (Å²) in [5.74, 6) is 0.604.